The molecule has 1 aromatic heterocycles. The molecular weight excluding hydrogens is 284 g/mol. The highest BCUT2D eigenvalue weighted by molar-refractivity contribution is 6.31. The fourth-order valence-electron chi connectivity index (χ4n) is 3.08. The minimum absolute atomic E-state index is 0.517. The Kier molecular flexibility index (Phi) is 6.08. The fourth-order valence-corrected chi connectivity index (χ4v) is 3.28. The van der Waals surface area contributed by atoms with Crippen LogP contribution in [0.15, 0.2) is 0 Å². The Balaban J connectivity index is 2.08. The first-order valence-electron chi connectivity index (χ1n) is 8.19. The molecule has 5 heteroatoms. The number of aryl methyl sites for hydroxylation is 2. The summed E-state index contributed by atoms with van der Waals surface area (Å²) in [7, 11) is 0. The van der Waals surface area contributed by atoms with Gasteiger partial charge in [0.1, 0.15) is 0 Å². The maximum atomic E-state index is 6.46. The summed E-state index contributed by atoms with van der Waals surface area (Å²) in [5, 5.41) is 8.88. The smallest absolute Gasteiger partial charge is 0.0860 e. The Labute approximate surface area is 133 Å². The molecule has 1 unspecified atom stereocenters. The van der Waals surface area contributed by atoms with Crippen molar-refractivity contribution in [2.24, 2.45) is 5.92 Å². The fraction of sp³-hybridized carbons (Fsp3) is 0.812. The summed E-state index contributed by atoms with van der Waals surface area (Å²) >= 11 is 6.46. The molecule has 1 saturated heterocycles. The van der Waals surface area contributed by atoms with E-state index in [1.807, 2.05) is 11.6 Å². The Morgan fingerprint density at radius 3 is 2.81 bits per heavy atom. The summed E-state index contributed by atoms with van der Waals surface area (Å²) in [6, 6.07) is 0.517. The predicted octanol–water partition coefficient (Wildman–Crippen LogP) is 3.07. The standard InChI is InChI=1S/C16H29ClN4/c1-5-21-15(16(17)13(4)19-21)11-20(12(2)3)10-14-7-6-8-18-9-14/h12,14,18H,5-11H2,1-4H3. The van der Waals surface area contributed by atoms with E-state index < -0.39 is 0 Å². The van der Waals surface area contributed by atoms with Crippen LogP contribution in [0.2, 0.25) is 5.02 Å². The van der Waals surface area contributed by atoms with E-state index in [-0.39, 0.29) is 0 Å². The molecule has 2 rings (SSSR count). The van der Waals surface area contributed by atoms with Crippen LogP contribution in [0.1, 0.15) is 45.0 Å². The molecule has 1 aliphatic rings. The predicted molar refractivity (Wildman–Crippen MR) is 88.8 cm³/mol. The van der Waals surface area contributed by atoms with Crippen LogP contribution in [-0.4, -0.2) is 40.4 Å². The summed E-state index contributed by atoms with van der Waals surface area (Å²) in [5.74, 6) is 0.749. The van der Waals surface area contributed by atoms with E-state index in [2.05, 4.69) is 36.1 Å². The summed E-state index contributed by atoms with van der Waals surface area (Å²) in [5.41, 5.74) is 2.10. The summed E-state index contributed by atoms with van der Waals surface area (Å²) in [6.07, 6.45) is 2.62. The number of nitrogens with one attached hydrogen (secondary N) is 1. The molecular formula is C16H29ClN4. The van der Waals surface area contributed by atoms with Crippen LogP contribution in [0.4, 0.5) is 0 Å². The average Bonchev–Trinajstić information content (AvgIpc) is 2.75. The molecule has 1 fully saturated rings. The third kappa shape index (κ3) is 4.21. The monoisotopic (exact) mass is 312 g/mol. The Morgan fingerprint density at radius 1 is 1.48 bits per heavy atom. The molecule has 0 radical (unpaired) electrons. The highest BCUT2D eigenvalue weighted by Crippen LogP contribution is 2.24. The molecule has 21 heavy (non-hydrogen) atoms. The molecule has 4 nitrogen and oxygen atoms in total. The number of rotatable bonds is 6. The van der Waals surface area contributed by atoms with Crippen molar-refractivity contribution in [2.75, 3.05) is 19.6 Å². The lowest BCUT2D eigenvalue weighted by Gasteiger charge is -2.33. The minimum Gasteiger partial charge on any atom is -0.316 e. The zero-order valence-corrected chi connectivity index (χ0v) is 14.6. The van der Waals surface area contributed by atoms with Gasteiger partial charge in [0.25, 0.3) is 0 Å². The number of halogens is 1. The zero-order valence-electron chi connectivity index (χ0n) is 13.8. The van der Waals surface area contributed by atoms with E-state index in [0.29, 0.717) is 6.04 Å². The first-order chi connectivity index (χ1) is 10.0. The first-order valence-corrected chi connectivity index (χ1v) is 8.57. The zero-order chi connectivity index (χ0) is 15.4. The van der Waals surface area contributed by atoms with E-state index in [9.17, 15) is 0 Å². The Hall–Kier alpha value is -0.580. The molecule has 0 saturated carbocycles. The second kappa shape index (κ2) is 7.61. The third-order valence-electron chi connectivity index (χ3n) is 4.43. The van der Waals surface area contributed by atoms with Gasteiger partial charge in [-0.3, -0.25) is 9.58 Å². The van der Waals surface area contributed by atoms with Crippen LogP contribution >= 0.6 is 11.6 Å². The molecule has 0 aromatic carbocycles. The largest absolute Gasteiger partial charge is 0.316 e. The van der Waals surface area contributed by atoms with Gasteiger partial charge in [0, 0.05) is 25.7 Å². The van der Waals surface area contributed by atoms with Crippen LogP contribution in [0, 0.1) is 12.8 Å². The molecule has 0 bridgehead atoms. The third-order valence-corrected chi connectivity index (χ3v) is 4.92. The maximum Gasteiger partial charge on any atom is 0.0860 e. The topological polar surface area (TPSA) is 33.1 Å². The molecule has 1 aromatic rings. The van der Waals surface area contributed by atoms with Gasteiger partial charge >= 0.3 is 0 Å². The molecule has 1 N–H and O–H groups in total. The van der Waals surface area contributed by atoms with Gasteiger partial charge in [0.05, 0.1) is 16.4 Å². The molecule has 0 aliphatic carbocycles. The van der Waals surface area contributed by atoms with Crippen molar-refractivity contribution in [3.05, 3.63) is 16.4 Å². The van der Waals surface area contributed by atoms with Gasteiger partial charge in [-0.1, -0.05) is 11.6 Å². The van der Waals surface area contributed by atoms with Gasteiger partial charge in [0.15, 0.2) is 0 Å². The lowest BCUT2D eigenvalue weighted by atomic mass is 9.98. The van der Waals surface area contributed by atoms with Gasteiger partial charge in [-0.25, -0.2) is 0 Å². The number of nitrogens with zero attached hydrogens (tertiary/aromatic N) is 3. The first kappa shape index (κ1) is 16.8. The van der Waals surface area contributed by atoms with Crippen LogP contribution in [-0.2, 0) is 13.1 Å². The highest BCUT2D eigenvalue weighted by atomic mass is 35.5. The number of piperidine rings is 1. The number of hydrogen-bond donors (Lipinski definition) is 1. The van der Waals surface area contributed by atoms with E-state index in [1.165, 1.54) is 19.4 Å². The van der Waals surface area contributed by atoms with Crippen molar-refractivity contribution >= 4 is 11.6 Å². The van der Waals surface area contributed by atoms with Crippen molar-refractivity contribution < 1.29 is 0 Å². The average molecular weight is 313 g/mol. The van der Waals surface area contributed by atoms with Crippen LogP contribution in [0.25, 0.3) is 0 Å². The highest BCUT2D eigenvalue weighted by Gasteiger charge is 2.22. The molecule has 1 aliphatic heterocycles. The second-order valence-electron chi connectivity index (χ2n) is 6.40. The van der Waals surface area contributed by atoms with Crippen molar-refractivity contribution in [1.29, 1.82) is 0 Å². The molecule has 2 heterocycles. The quantitative estimate of drug-likeness (QED) is 0.876. The normalized spacial score (nSPS) is 19.7. The second-order valence-corrected chi connectivity index (χ2v) is 6.78. The number of aromatic nitrogens is 2. The Morgan fingerprint density at radius 2 is 2.24 bits per heavy atom. The van der Waals surface area contributed by atoms with Gasteiger partial charge in [-0.05, 0) is 59.5 Å². The van der Waals surface area contributed by atoms with Crippen LogP contribution in [0.3, 0.4) is 0 Å². The summed E-state index contributed by atoms with van der Waals surface area (Å²) in [4.78, 5) is 2.53. The maximum absolute atomic E-state index is 6.46. The van der Waals surface area contributed by atoms with Gasteiger partial charge in [0.2, 0.25) is 0 Å². The lowest BCUT2D eigenvalue weighted by molar-refractivity contribution is 0.160. The molecule has 120 valence electrons. The van der Waals surface area contributed by atoms with Crippen molar-refractivity contribution in [3.8, 4) is 0 Å². The van der Waals surface area contributed by atoms with Gasteiger partial charge in [-0.2, -0.15) is 5.10 Å². The van der Waals surface area contributed by atoms with Gasteiger partial charge in [-0.15, -0.1) is 0 Å². The van der Waals surface area contributed by atoms with Gasteiger partial charge < -0.3 is 5.32 Å². The molecule has 0 spiro atoms. The molecule has 1 atom stereocenters. The van der Waals surface area contributed by atoms with Crippen molar-refractivity contribution in [3.63, 3.8) is 0 Å². The van der Waals surface area contributed by atoms with E-state index in [0.717, 1.165) is 48.5 Å². The summed E-state index contributed by atoms with van der Waals surface area (Å²) in [6.45, 7) is 13.9. The van der Waals surface area contributed by atoms with Crippen LogP contribution < -0.4 is 5.32 Å². The Bertz CT molecular complexity index is 449. The van der Waals surface area contributed by atoms with Crippen molar-refractivity contribution in [1.82, 2.24) is 20.0 Å². The minimum atomic E-state index is 0.517. The van der Waals surface area contributed by atoms with E-state index >= 15 is 0 Å². The SMILES string of the molecule is CCn1nc(C)c(Cl)c1CN(CC1CCCNC1)C(C)C. The van der Waals surface area contributed by atoms with E-state index in [1.54, 1.807) is 0 Å². The van der Waals surface area contributed by atoms with Crippen molar-refractivity contribution in [2.45, 2.75) is 59.7 Å². The van der Waals surface area contributed by atoms with Crippen LogP contribution in [0.5, 0.6) is 0 Å². The number of hydrogen-bond acceptors (Lipinski definition) is 3. The molecule has 0 amide bonds. The van der Waals surface area contributed by atoms with E-state index in [4.69, 9.17) is 11.6 Å². The summed E-state index contributed by atoms with van der Waals surface area (Å²) < 4.78 is 2.05. The lowest BCUT2D eigenvalue weighted by Crippen LogP contribution is -2.41.